The predicted octanol–water partition coefficient (Wildman–Crippen LogP) is 2.49. The van der Waals surface area contributed by atoms with Crippen molar-refractivity contribution in [3.63, 3.8) is 0 Å². The number of carbonyl (C=O) groups is 1. The summed E-state index contributed by atoms with van der Waals surface area (Å²) in [6.07, 6.45) is 3.65. The van der Waals surface area contributed by atoms with Crippen molar-refractivity contribution in [2.45, 2.75) is 6.92 Å². The van der Waals surface area contributed by atoms with Crippen molar-refractivity contribution in [2.75, 3.05) is 7.11 Å². The lowest BCUT2D eigenvalue weighted by Crippen LogP contribution is -2.00. The summed E-state index contributed by atoms with van der Waals surface area (Å²) in [5.41, 5.74) is 1.14. The van der Waals surface area contributed by atoms with E-state index in [0.29, 0.717) is 10.8 Å². The predicted molar refractivity (Wildman–Crippen MR) is 51.9 cm³/mol. The molecule has 0 radical (unpaired) electrons. The Morgan fingerprint density at radius 1 is 1.69 bits per heavy atom. The van der Waals surface area contributed by atoms with Gasteiger partial charge >= 0.3 is 5.97 Å². The Morgan fingerprint density at radius 2 is 2.38 bits per heavy atom. The van der Waals surface area contributed by atoms with Crippen LogP contribution in [0.25, 0.3) is 6.08 Å². The minimum Gasteiger partial charge on any atom is -0.464 e. The maximum atomic E-state index is 11.0. The molecular formula is C9H10ClNO2. The zero-order valence-corrected chi connectivity index (χ0v) is 8.18. The highest BCUT2D eigenvalue weighted by molar-refractivity contribution is 6.31. The number of aromatic amines is 1. The Hall–Kier alpha value is -1.22. The first kappa shape index (κ1) is 9.86. The number of allylic oxidation sites excluding steroid dienone is 1. The van der Waals surface area contributed by atoms with Crippen LogP contribution in [-0.4, -0.2) is 18.1 Å². The van der Waals surface area contributed by atoms with E-state index in [1.165, 1.54) is 7.11 Å². The van der Waals surface area contributed by atoms with Crippen LogP contribution in [0.15, 0.2) is 12.1 Å². The number of rotatable bonds is 2. The van der Waals surface area contributed by atoms with Gasteiger partial charge in [-0.15, -0.1) is 0 Å². The Labute approximate surface area is 81.4 Å². The van der Waals surface area contributed by atoms with Crippen molar-refractivity contribution >= 4 is 23.6 Å². The third-order valence-corrected chi connectivity index (χ3v) is 1.86. The standard InChI is InChI=1S/C9H10ClNO2/c1-3-4-6-5-7(9(12)13-2)11-8(6)10/h3-5,11H,1-2H3/b4-3+. The zero-order valence-electron chi connectivity index (χ0n) is 7.43. The van der Waals surface area contributed by atoms with Crippen molar-refractivity contribution in [1.29, 1.82) is 0 Å². The topological polar surface area (TPSA) is 42.1 Å². The van der Waals surface area contributed by atoms with Gasteiger partial charge in [0, 0.05) is 5.56 Å². The summed E-state index contributed by atoms with van der Waals surface area (Å²) in [6, 6.07) is 1.65. The second-order valence-corrected chi connectivity index (χ2v) is 2.82. The van der Waals surface area contributed by atoms with Crippen LogP contribution < -0.4 is 0 Å². The van der Waals surface area contributed by atoms with Crippen LogP contribution in [0.2, 0.25) is 5.15 Å². The molecule has 0 bridgehead atoms. The van der Waals surface area contributed by atoms with Gasteiger partial charge in [0.15, 0.2) is 0 Å². The Balaban J connectivity index is 3.01. The molecule has 0 saturated carbocycles. The molecule has 0 aliphatic rings. The molecule has 0 aliphatic heterocycles. The fourth-order valence-corrected chi connectivity index (χ4v) is 1.19. The largest absolute Gasteiger partial charge is 0.464 e. The van der Waals surface area contributed by atoms with Crippen molar-refractivity contribution in [2.24, 2.45) is 0 Å². The van der Waals surface area contributed by atoms with Gasteiger partial charge in [-0.2, -0.15) is 0 Å². The van der Waals surface area contributed by atoms with Crippen molar-refractivity contribution in [3.05, 3.63) is 28.6 Å². The molecule has 13 heavy (non-hydrogen) atoms. The molecule has 0 fully saturated rings. The van der Waals surface area contributed by atoms with Crippen molar-refractivity contribution in [3.8, 4) is 0 Å². The van der Waals surface area contributed by atoms with Gasteiger partial charge in [-0.1, -0.05) is 23.8 Å². The van der Waals surface area contributed by atoms with Crippen LogP contribution in [0.1, 0.15) is 23.0 Å². The van der Waals surface area contributed by atoms with E-state index in [2.05, 4.69) is 9.72 Å². The van der Waals surface area contributed by atoms with Crippen LogP contribution in [0, 0.1) is 0 Å². The van der Waals surface area contributed by atoms with Crippen LogP contribution in [0.5, 0.6) is 0 Å². The number of H-pyrrole nitrogens is 1. The van der Waals surface area contributed by atoms with Crippen molar-refractivity contribution in [1.82, 2.24) is 4.98 Å². The number of nitrogens with one attached hydrogen (secondary N) is 1. The van der Waals surface area contributed by atoms with E-state index < -0.39 is 5.97 Å². The number of esters is 1. The lowest BCUT2D eigenvalue weighted by Gasteiger charge is -1.91. The first-order valence-electron chi connectivity index (χ1n) is 3.78. The maximum Gasteiger partial charge on any atom is 0.354 e. The summed E-state index contributed by atoms with van der Waals surface area (Å²) in [4.78, 5) is 13.8. The van der Waals surface area contributed by atoms with E-state index in [1.807, 2.05) is 19.1 Å². The molecule has 3 nitrogen and oxygen atoms in total. The molecule has 1 aromatic rings. The molecular weight excluding hydrogens is 190 g/mol. The fourth-order valence-electron chi connectivity index (χ4n) is 0.966. The summed E-state index contributed by atoms with van der Waals surface area (Å²) >= 11 is 5.81. The number of halogens is 1. The van der Waals surface area contributed by atoms with E-state index in [4.69, 9.17) is 11.6 Å². The molecule has 1 N–H and O–H groups in total. The van der Waals surface area contributed by atoms with E-state index in [0.717, 1.165) is 5.56 Å². The lowest BCUT2D eigenvalue weighted by atomic mass is 10.3. The van der Waals surface area contributed by atoms with E-state index in [-0.39, 0.29) is 0 Å². The van der Waals surface area contributed by atoms with Crippen molar-refractivity contribution < 1.29 is 9.53 Å². The summed E-state index contributed by atoms with van der Waals surface area (Å²) < 4.78 is 4.53. The Morgan fingerprint density at radius 3 is 2.92 bits per heavy atom. The monoisotopic (exact) mass is 199 g/mol. The van der Waals surface area contributed by atoms with Crippen LogP contribution in [-0.2, 0) is 4.74 Å². The molecule has 1 heterocycles. The smallest absolute Gasteiger partial charge is 0.354 e. The van der Waals surface area contributed by atoms with Gasteiger partial charge in [-0.3, -0.25) is 0 Å². The molecule has 0 atom stereocenters. The molecule has 70 valence electrons. The van der Waals surface area contributed by atoms with Crippen LogP contribution >= 0.6 is 11.6 Å². The minimum absolute atomic E-state index is 0.362. The van der Waals surface area contributed by atoms with E-state index >= 15 is 0 Å². The summed E-state index contributed by atoms with van der Waals surface area (Å²) in [5.74, 6) is -0.419. The van der Waals surface area contributed by atoms with Gasteiger partial charge in [0.1, 0.15) is 10.8 Å². The zero-order chi connectivity index (χ0) is 9.84. The summed E-state index contributed by atoms with van der Waals surface area (Å²) in [5, 5.41) is 0.443. The van der Waals surface area contributed by atoms with E-state index in [1.54, 1.807) is 6.07 Å². The fraction of sp³-hybridized carbons (Fsp3) is 0.222. The average Bonchev–Trinajstić information content (AvgIpc) is 2.47. The highest BCUT2D eigenvalue weighted by atomic mass is 35.5. The quantitative estimate of drug-likeness (QED) is 0.744. The van der Waals surface area contributed by atoms with Crippen LogP contribution in [0.4, 0.5) is 0 Å². The van der Waals surface area contributed by atoms with Gasteiger partial charge in [0.25, 0.3) is 0 Å². The third-order valence-electron chi connectivity index (χ3n) is 1.55. The molecule has 1 rings (SSSR count). The summed E-state index contributed by atoms with van der Waals surface area (Å²) in [7, 11) is 1.33. The molecule has 1 aromatic heterocycles. The van der Waals surface area contributed by atoms with Gasteiger partial charge in [0.2, 0.25) is 0 Å². The molecule has 0 aliphatic carbocycles. The highest BCUT2D eigenvalue weighted by Gasteiger charge is 2.10. The van der Waals surface area contributed by atoms with E-state index in [9.17, 15) is 4.79 Å². The number of hydrogen-bond donors (Lipinski definition) is 1. The second kappa shape index (κ2) is 4.14. The number of methoxy groups -OCH3 is 1. The van der Waals surface area contributed by atoms with Gasteiger partial charge in [-0.25, -0.2) is 4.79 Å². The van der Waals surface area contributed by atoms with Gasteiger partial charge in [-0.05, 0) is 13.0 Å². The molecule has 0 spiro atoms. The molecule has 0 amide bonds. The summed E-state index contributed by atoms with van der Waals surface area (Å²) in [6.45, 7) is 1.88. The van der Waals surface area contributed by atoms with Gasteiger partial charge < -0.3 is 9.72 Å². The Bertz CT molecular complexity index is 341. The molecule has 0 unspecified atom stereocenters. The maximum absolute atomic E-state index is 11.0. The Kier molecular flexibility index (Phi) is 3.14. The molecule has 0 saturated heterocycles. The number of hydrogen-bond acceptors (Lipinski definition) is 2. The minimum atomic E-state index is -0.419. The van der Waals surface area contributed by atoms with Gasteiger partial charge in [0.05, 0.1) is 7.11 Å². The third kappa shape index (κ3) is 2.12. The number of aromatic nitrogens is 1. The number of carbonyl (C=O) groups excluding carboxylic acids is 1. The molecule has 0 aromatic carbocycles. The SMILES string of the molecule is C/C=C/c1cc(C(=O)OC)[nH]c1Cl. The highest BCUT2D eigenvalue weighted by Crippen LogP contribution is 2.18. The number of ether oxygens (including phenoxy) is 1. The second-order valence-electron chi connectivity index (χ2n) is 2.44. The molecule has 4 heteroatoms. The average molecular weight is 200 g/mol. The van der Waals surface area contributed by atoms with Crippen LogP contribution in [0.3, 0.4) is 0 Å². The first-order valence-corrected chi connectivity index (χ1v) is 4.16. The normalized spacial score (nSPS) is 10.7. The first-order chi connectivity index (χ1) is 6.19. The lowest BCUT2D eigenvalue weighted by molar-refractivity contribution is 0.0595.